The molecule has 1 aromatic rings. The quantitative estimate of drug-likeness (QED) is 0.763. The van der Waals surface area contributed by atoms with Crippen LogP contribution in [0.25, 0.3) is 0 Å². The molecular weight excluding hydrogens is 238 g/mol. The second kappa shape index (κ2) is 5.24. The summed E-state index contributed by atoms with van der Waals surface area (Å²) in [6.45, 7) is 10.1. The van der Waals surface area contributed by atoms with Crippen LogP contribution in [0.4, 0.5) is 5.69 Å². The summed E-state index contributed by atoms with van der Waals surface area (Å²) in [6, 6.07) is 7.73. The largest absolute Gasteiger partial charge is 0.456 e. The van der Waals surface area contributed by atoms with Gasteiger partial charge in [0, 0.05) is 18.8 Å². The van der Waals surface area contributed by atoms with Crippen LogP contribution in [0.1, 0.15) is 44.5 Å². The minimum atomic E-state index is -0.444. The van der Waals surface area contributed by atoms with Gasteiger partial charge in [-0.15, -0.1) is 0 Å². The fourth-order valence-electron chi connectivity index (χ4n) is 2.31. The van der Waals surface area contributed by atoms with E-state index < -0.39 is 5.60 Å². The number of esters is 1. The number of ether oxygens (including phenoxy) is 1. The Labute approximate surface area is 115 Å². The summed E-state index contributed by atoms with van der Waals surface area (Å²) < 4.78 is 5.35. The zero-order valence-corrected chi connectivity index (χ0v) is 12.3. The molecule has 1 aliphatic heterocycles. The Morgan fingerprint density at radius 1 is 1.26 bits per heavy atom. The molecule has 0 saturated carbocycles. The third-order valence-electron chi connectivity index (χ3n) is 3.29. The lowest BCUT2D eigenvalue weighted by Gasteiger charge is -2.21. The zero-order valence-electron chi connectivity index (χ0n) is 12.3. The van der Waals surface area contributed by atoms with Crippen LogP contribution in [0.2, 0.25) is 0 Å². The van der Waals surface area contributed by atoms with E-state index in [9.17, 15) is 4.79 Å². The minimum Gasteiger partial charge on any atom is -0.456 e. The maximum absolute atomic E-state index is 11.9. The molecule has 19 heavy (non-hydrogen) atoms. The third-order valence-corrected chi connectivity index (χ3v) is 3.29. The predicted octanol–water partition coefficient (Wildman–Crippen LogP) is 3.49. The van der Waals surface area contributed by atoms with Gasteiger partial charge in [-0.05, 0) is 57.4 Å². The average Bonchev–Trinajstić information content (AvgIpc) is 2.74. The summed E-state index contributed by atoms with van der Waals surface area (Å²) in [4.78, 5) is 14.3. The average molecular weight is 261 g/mol. The highest BCUT2D eigenvalue weighted by atomic mass is 16.6. The molecule has 0 radical (unpaired) electrons. The van der Waals surface area contributed by atoms with E-state index in [0.717, 1.165) is 19.0 Å². The molecule has 2 rings (SSSR count). The molecule has 3 heteroatoms. The number of carbonyl (C=O) groups is 1. The molecule has 0 spiro atoms. The number of benzene rings is 1. The van der Waals surface area contributed by atoms with Crippen LogP contribution in [0.15, 0.2) is 24.3 Å². The second-order valence-corrected chi connectivity index (χ2v) is 6.39. The molecular formula is C16H23NO2. The Kier molecular flexibility index (Phi) is 3.83. The number of anilines is 1. The van der Waals surface area contributed by atoms with Crippen LogP contribution in [0, 0.1) is 5.92 Å². The Hall–Kier alpha value is -1.51. The molecule has 1 atom stereocenters. The van der Waals surface area contributed by atoms with E-state index in [0.29, 0.717) is 5.56 Å². The fourth-order valence-corrected chi connectivity index (χ4v) is 2.31. The zero-order chi connectivity index (χ0) is 14.0. The van der Waals surface area contributed by atoms with Gasteiger partial charge in [-0.1, -0.05) is 6.92 Å². The van der Waals surface area contributed by atoms with Gasteiger partial charge in [0.05, 0.1) is 5.56 Å². The van der Waals surface area contributed by atoms with E-state index in [1.807, 2.05) is 45.0 Å². The fraction of sp³-hybridized carbons (Fsp3) is 0.562. The van der Waals surface area contributed by atoms with E-state index in [2.05, 4.69) is 11.8 Å². The third kappa shape index (κ3) is 3.72. The van der Waals surface area contributed by atoms with Gasteiger partial charge in [-0.25, -0.2) is 4.79 Å². The van der Waals surface area contributed by atoms with Crippen molar-refractivity contribution in [3.8, 4) is 0 Å². The maximum Gasteiger partial charge on any atom is 0.338 e. The summed E-state index contributed by atoms with van der Waals surface area (Å²) in [5.74, 6) is 0.499. The predicted molar refractivity (Wildman–Crippen MR) is 77.6 cm³/mol. The SMILES string of the molecule is C[C@H]1CCN(c2ccc(C(=O)OC(C)(C)C)cc2)C1. The van der Waals surface area contributed by atoms with Crippen molar-refractivity contribution in [2.24, 2.45) is 5.92 Å². The summed E-state index contributed by atoms with van der Waals surface area (Å²) in [5, 5.41) is 0. The number of rotatable bonds is 2. The van der Waals surface area contributed by atoms with Gasteiger partial charge in [-0.2, -0.15) is 0 Å². The highest BCUT2D eigenvalue weighted by Crippen LogP contribution is 2.24. The van der Waals surface area contributed by atoms with Crippen molar-refractivity contribution in [2.75, 3.05) is 18.0 Å². The van der Waals surface area contributed by atoms with Crippen LogP contribution in [0.5, 0.6) is 0 Å². The molecule has 1 saturated heterocycles. The summed E-state index contributed by atoms with van der Waals surface area (Å²) in [5.41, 5.74) is 1.36. The summed E-state index contributed by atoms with van der Waals surface area (Å²) in [7, 11) is 0. The molecule has 1 fully saturated rings. The summed E-state index contributed by atoms with van der Waals surface area (Å²) >= 11 is 0. The van der Waals surface area contributed by atoms with Gasteiger partial charge in [0.1, 0.15) is 5.60 Å². The number of hydrogen-bond acceptors (Lipinski definition) is 3. The lowest BCUT2D eigenvalue weighted by atomic mass is 10.1. The van der Waals surface area contributed by atoms with E-state index in [1.54, 1.807) is 0 Å². The molecule has 1 heterocycles. The first kappa shape index (κ1) is 13.9. The van der Waals surface area contributed by atoms with Gasteiger partial charge in [0.2, 0.25) is 0 Å². The topological polar surface area (TPSA) is 29.5 Å². The molecule has 1 aliphatic rings. The first-order valence-electron chi connectivity index (χ1n) is 6.93. The van der Waals surface area contributed by atoms with Crippen molar-refractivity contribution in [3.05, 3.63) is 29.8 Å². The second-order valence-electron chi connectivity index (χ2n) is 6.39. The Bertz CT molecular complexity index is 445. The molecule has 3 nitrogen and oxygen atoms in total. The summed E-state index contributed by atoms with van der Waals surface area (Å²) in [6.07, 6.45) is 1.24. The van der Waals surface area contributed by atoms with Crippen molar-refractivity contribution in [3.63, 3.8) is 0 Å². The first-order chi connectivity index (χ1) is 8.85. The number of carbonyl (C=O) groups excluding carboxylic acids is 1. The van der Waals surface area contributed by atoms with Gasteiger partial charge in [0.25, 0.3) is 0 Å². The van der Waals surface area contributed by atoms with E-state index >= 15 is 0 Å². The molecule has 0 N–H and O–H groups in total. The molecule has 0 unspecified atom stereocenters. The first-order valence-corrected chi connectivity index (χ1v) is 6.93. The Morgan fingerprint density at radius 2 is 1.89 bits per heavy atom. The normalized spacial score (nSPS) is 19.6. The van der Waals surface area contributed by atoms with Gasteiger partial charge >= 0.3 is 5.97 Å². The number of nitrogens with zero attached hydrogens (tertiary/aromatic N) is 1. The van der Waals surface area contributed by atoms with E-state index in [1.165, 1.54) is 12.1 Å². The molecule has 0 aromatic heterocycles. The van der Waals surface area contributed by atoms with Crippen molar-refractivity contribution in [1.29, 1.82) is 0 Å². The Balaban J connectivity index is 2.04. The van der Waals surface area contributed by atoms with E-state index in [4.69, 9.17) is 4.74 Å². The minimum absolute atomic E-state index is 0.256. The van der Waals surface area contributed by atoms with Crippen LogP contribution in [-0.2, 0) is 4.74 Å². The van der Waals surface area contributed by atoms with Crippen LogP contribution < -0.4 is 4.90 Å². The molecule has 0 amide bonds. The van der Waals surface area contributed by atoms with Crippen molar-refractivity contribution < 1.29 is 9.53 Å². The monoisotopic (exact) mass is 261 g/mol. The highest BCUT2D eigenvalue weighted by Gasteiger charge is 2.20. The van der Waals surface area contributed by atoms with Crippen molar-refractivity contribution in [1.82, 2.24) is 0 Å². The van der Waals surface area contributed by atoms with Crippen LogP contribution in [0.3, 0.4) is 0 Å². The maximum atomic E-state index is 11.9. The molecule has 0 bridgehead atoms. The smallest absolute Gasteiger partial charge is 0.338 e. The van der Waals surface area contributed by atoms with Gasteiger partial charge in [0.15, 0.2) is 0 Å². The van der Waals surface area contributed by atoms with Crippen LogP contribution in [-0.4, -0.2) is 24.7 Å². The van der Waals surface area contributed by atoms with Crippen molar-refractivity contribution >= 4 is 11.7 Å². The molecule has 1 aromatic carbocycles. The van der Waals surface area contributed by atoms with Crippen molar-refractivity contribution in [2.45, 2.75) is 39.7 Å². The lowest BCUT2D eigenvalue weighted by Crippen LogP contribution is -2.24. The molecule has 104 valence electrons. The number of hydrogen-bond donors (Lipinski definition) is 0. The Morgan fingerprint density at radius 3 is 2.37 bits per heavy atom. The van der Waals surface area contributed by atoms with Crippen LogP contribution >= 0.6 is 0 Å². The van der Waals surface area contributed by atoms with Gasteiger partial charge in [-0.3, -0.25) is 0 Å². The lowest BCUT2D eigenvalue weighted by molar-refractivity contribution is 0.00696. The molecule has 0 aliphatic carbocycles. The van der Waals surface area contributed by atoms with E-state index in [-0.39, 0.29) is 5.97 Å². The standard InChI is InChI=1S/C16H23NO2/c1-12-9-10-17(11-12)14-7-5-13(6-8-14)15(18)19-16(2,3)4/h5-8,12H,9-11H2,1-4H3/t12-/m0/s1. The highest BCUT2D eigenvalue weighted by molar-refractivity contribution is 5.90. The van der Waals surface area contributed by atoms with Gasteiger partial charge < -0.3 is 9.64 Å².